The first-order valence-electron chi connectivity index (χ1n) is 10.3. The third-order valence-corrected chi connectivity index (χ3v) is 5.90. The van der Waals surface area contributed by atoms with Gasteiger partial charge in [0.15, 0.2) is 5.82 Å². The van der Waals surface area contributed by atoms with Crippen LogP contribution in [0.3, 0.4) is 0 Å². The maximum absolute atomic E-state index is 13.7. The van der Waals surface area contributed by atoms with Crippen molar-refractivity contribution in [3.8, 4) is 0 Å². The third-order valence-electron chi connectivity index (χ3n) is 5.19. The minimum atomic E-state index is -1.08. The van der Waals surface area contributed by atoms with Crippen LogP contribution >= 0.6 is 0 Å². The van der Waals surface area contributed by atoms with E-state index in [-0.39, 0.29) is 18.7 Å². The molecule has 0 saturated carbocycles. The van der Waals surface area contributed by atoms with Crippen molar-refractivity contribution in [2.45, 2.75) is 19.0 Å². The van der Waals surface area contributed by atoms with Crippen LogP contribution in [0.25, 0.3) is 10.9 Å². The molecule has 2 aromatic carbocycles. The zero-order chi connectivity index (χ0) is 24.2. The number of nitrogens with one attached hydrogen (secondary N) is 3. The molecule has 34 heavy (non-hydrogen) atoms. The summed E-state index contributed by atoms with van der Waals surface area (Å²) in [5.41, 5.74) is 1.79. The summed E-state index contributed by atoms with van der Waals surface area (Å²) in [7, 11) is 0. The number of nitrogens with zero attached hydrogens (tertiary/aromatic N) is 1. The van der Waals surface area contributed by atoms with Crippen LogP contribution in [0.5, 0.6) is 0 Å². The van der Waals surface area contributed by atoms with Crippen molar-refractivity contribution in [2.24, 2.45) is 0 Å². The van der Waals surface area contributed by atoms with E-state index in [1.54, 1.807) is 6.20 Å². The van der Waals surface area contributed by atoms with Crippen LogP contribution < -0.4 is 15.1 Å². The standard InChI is InChI=1S/C24H20AsF3N4O2/c25-22-6-2-14(11-29-22)12-30-23(33)20(8-13-1-4-17(27)18(28)7-13)32-24(34)21-10-15-9-16(26)3-5-19(15)31-21/h1-7,9-11,20,31H,8,12,25H2,(H,30,33)(H,32,34)/t20-/m0/s1. The predicted octanol–water partition coefficient (Wildman–Crippen LogP) is 1.90. The van der Waals surface area contributed by atoms with Gasteiger partial charge in [-0.3, -0.25) is 0 Å². The number of carbonyl (C=O) groups is 2. The molecule has 0 spiro atoms. The molecule has 0 radical (unpaired) electrons. The summed E-state index contributed by atoms with van der Waals surface area (Å²) in [4.78, 5) is 32.9. The van der Waals surface area contributed by atoms with Crippen LogP contribution in [0.15, 0.2) is 60.8 Å². The molecule has 4 rings (SSSR count). The minimum absolute atomic E-state index is 0.0711. The van der Waals surface area contributed by atoms with Crippen molar-refractivity contribution in [1.82, 2.24) is 20.6 Å². The monoisotopic (exact) mass is 528 g/mol. The third kappa shape index (κ3) is 5.66. The van der Waals surface area contributed by atoms with Crippen molar-refractivity contribution in [1.29, 1.82) is 0 Å². The number of aromatic nitrogens is 2. The smallest absolute Gasteiger partial charge is 0.207 e. The van der Waals surface area contributed by atoms with Crippen LogP contribution in [0.2, 0.25) is 0 Å². The SMILES string of the molecule is O=C(N[C@@H](Cc1ccc(F)c(F)c1)C(=O)NCc1ccc([AsH2])nc1)c1cc2cc(F)ccc2[nH]1. The van der Waals surface area contributed by atoms with Crippen LogP contribution in [-0.4, -0.2) is 44.7 Å². The van der Waals surface area contributed by atoms with E-state index in [2.05, 4.69) is 20.6 Å². The summed E-state index contributed by atoms with van der Waals surface area (Å²) < 4.78 is 41.4. The van der Waals surface area contributed by atoms with Crippen molar-refractivity contribution in [3.63, 3.8) is 0 Å². The van der Waals surface area contributed by atoms with Gasteiger partial charge in [0.05, 0.1) is 0 Å². The molecule has 4 aromatic rings. The van der Waals surface area contributed by atoms with Gasteiger partial charge in [-0.1, -0.05) is 0 Å². The van der Waals surface area contributed by atoms with Gasteiger partial charge in [-0.15, -0.1) is 0 Å². The Morgan fingerprint density at radius 2 is 1.76 bits per heavy atom. The van der Waals surface area contributed by atoms with Gasteiger partial charge in [-0.05, 0) is 18.2 Å². The molecule has 2 heterocycles. The van der Waals surface area contributed by atoms with Crippen molar-refractivity contribution < 1.29 is 22.8 Å². The first-order valence-corrected chi connectivity index (χ1v) is 11.5. The van der Waals surface area contributed by atoms with E-state index < -0.39 is 35.3 Å². The van der Waals surface area contributed by atoms with Gasteiger partial charge in [-0.25, -0.2) is 13.2 Å². The summed E-state index contributed by atoms with van der Waals surface area (Å²) >= 11 is 1.38. The van der Waals surface area contributed by atoms with E-state index in [4.69, 9.17) is 0 Å². The summed E-state index contributed by atoms with van der Waals surface area (Å²) in [6.45, 7) is 0.176. The zero-order valence-electron chi connectivity index (χ0n) is 17.7. The molecule has 174 valence electrons. The molecule has 2 atom stereocenters. The Labute approximate surface area is 201 Å². The molecule has 0 bridgehead atoms. The number of halogens is 3. The van der Waals surface area contributed by atoms with Gasteiger partial charge in [-0.2, -0.15) is 0 Å². The van der Waals surface area contributed by atoms with Gasteiger partial charge >= 0.3 is 148 Å². The molecule has 0 aliphatic carbocycles. The topological polar surface area (TPSA) is 86.9 Å². The number of hydrogen-bond donors (Lipinski definition) is 3. The fourth-order valence-electron chi connectivity index (χ4n) is 3.43. The fraction of sp³-hybridized carbons (Fsp3) is 0.125. The van der Waals surface area contributed by atoms with Crippen molar-refractivity contribution in [3.05, 3.63) is 95.1 Å². The summed E-state index contributed by atoms with van der Waals surface area (Å²) in [5.74, 6) is -3.61. The number of carbonyl (C=O) groups excluding carboxylic acids is 2. The number of benzene rings is 2. The average Bonchev–Trinajstić information content (AvgIpc) is 3.24. The molecule has 6 nitrogen and oxygen atoms in total. The molecule has 3 N–H and O–H groups in total. The summed E-state index contributed by atoms with van der Waals surface area (Å²) in [6, 6.07) is 11.4. The van der Waals surface area contributed by atoms with Crippen LogP contribution in [0.1, 0.15) is 21.6 Å². The molecule has 0 fully saturated rings. The fourth-order valence-corrected chi connectivity index (χ4v) is 3.78. The van der Waals surface area contributed by atoms with Crippen LogP contribution in [0.4, 0.5) is 13.2 Å². The van der Waals surface area contributed by atoms with Gasteiger partial charge in [0.1, 0.15) is 5.82 Å². The molecule has 1 unspecified atom stereocenters. The summed E-state index contributed by atoms with van der Waals surface area (Å²) in [6.07, 6.45) is 1.57. The Bertz CT molecular complexity index is 1360. The van der Waals surface area contributed by atoms with Crippen LogP contribution in [0, 0.1) is 17.5 Å². The van der Waals surface area contributed by atoms with E-state index in [1.165, 1.54) is 47.2 Å². The quantitative estimate of drug-likeness (QED) is 0.321. The van der Waals surface area contributed by atoms with E-state index >= 15 is 0 Å². The summed E-state index contributed by atoms with van der Waals surface area (Å²) in [5, 5.41) is 5.87. The van der Waals surface area contributed by atoms with Gasteiger partial charge < -0.3 is 0 Å². The van der Waals surface area contributed by atoms with Gasteiger partial charge in [0.2, 0.25) is 0 Å². The second kappa shape index (κ2) is 10.1. The average molecular weight is 528 g/mol. The number of rotatable bonds is 7. The molecular weight excluding hydrogens is 508 g/mol. The van der Waals surface area contributed by atoms with E-state index in [9.17, 15) is 22.8 Å². The molecule has 2 amide bonds. The number of fused-ring (bicyclic) bond motifs is 1. The Kier molecular flexibility index (Phi) is 7.03. The number of aromatic amines is 1. The minimum Gasteiger partial charge on any atom is -0.207 e. The van der Waals surface area contributed by atoms with E-state index in [1.807, 2.05) is 12.1 Å². The maximum atomic E-state index is 13.7. The number of pyridine rings is 1. The zero-order valence-corrected chi connectivity index (χ0v) is 20.2. The molecule has 0 aliphatic rings. The van der Waals surface area contributed by atoms with Crippen molar-refractivity contribution in [2.75, 3.05) is 0 Å². The normalized spacial score (nSPS) is 11.9. The molecule has 10 heteroatoms. The Morgan fingerprint density at radius 3 is 2.50 bits per heavy atom. The number of hydrogen-bond acceptors (Lipinski definition) is 3. The number of amides is 2. The Hall–Kier alpha value is -3.58. The van der Waals surface area contributed by atoms with Crippen LogP contribution in [-0.2, 0) is 17.8 Å². The van der Waals surface area contributed by atoms with E-state index in [0.717, 1.165) is 22.2 Å². The Morgan fingerprint density at radius 1 is 0.971 bits per heavy atom. The molecule has 0 saturated heterocycles. The van der Waals surface area contributed by atoms with Gasteiger partial charge in [0, 0.05) is 10.9 Å². The van der Waals surface area contributed by atoms with Crippen molar-refractivity contribution >= 4 is 44.1 Å². The predicted molar refractivity (Wildman–Crippen MR) is 124 cm³/mol. The molecule has 0 aliphatic heterocycles. The Balaban J connectivity index is 1.53. The number of H-pyrrole nitrogens is 1. The first kappa shape index (κ1) is 23.6. The van der Waals surface area contributed by atoms with Gasteiger partial charge in [0.25, 0.3) is 0 Å². The molecular formula is C24H20AsF3N4O2. The molecule has 2 aromatic heterocycles. The second-order valence-electron chi connectivity index (χ2n) is 7.70. The van der Waals surface area contributed by atoms with E-state index in [0.29, 0.717) is 16.5 Å². The second-order valence-corrected chi connectivity index (χ2v) is 8.94. The first-order chi connectivity index (χ1) is 16.3.